The molecule has 0 atom stereocenters. The molecule has 12 fully saturated rings. The highest BCUT2D eigenvalue weighted by Crippen LogP contribution is 2.61. The zero-order valence-corrected chi connectivity index (χ0v) is 23.8. The van der Waals surface area contributed by atoms with Crippen LogP contribution in [0.4, 0.5) is 9.59 Å². The normalized spacial score (nSPS) is 54.0. The Morgan fingerprint density at radius 3 is 1.02 bits per heavy atom. The van der Waals surface area contributed by atoms with E-state index in [2.05, 4.69) is 11.0 Å². The van der Waals surface area contributed by atoms with Crippen LogP contribution in [0.5, 0.6) is 0 Å². The fraction of sp³-hybridized carbons (Fsp3) is 0.938. The summed E-state index contributed by atoms with van der Waals surface area (Å²) in [6.07, 6.45) is 18.7. The van der Waals surface area contributed by atoms with Gasteiger partial charge >= 0.3 is 12.2 Å². The van der Waals surface area contributed by atoms with Gasteiger partial charge in [-0.25, -0.2) is 9.59 Å². The molecule has 12 aliphatic carbocycles. The summed E-state index contributed by atoms with van der Waals surface area (Å²) < 4.78 is 12.3. The third-order valence-corrected chi connectivity index (χ3v) is 13.2. The van der Waals surface area contributed by atoms with E-state index in [9.17, 15) is 9.59 Å². The van der Waals surface area contributed by atoms with Crippen LogP contribution in [-0.2, 0) is 19.1 Å². The summed E-state index contributed by atoms with van der Waals surface area (Å²) in [6.45, 7) is 0. The van der Waals surface area contributed by atoms with Crippen molar-refractivity contribution in [3.05, 3.63) is 0 Å². The molecule has 220 valence electrons. The monoisotopic (exact) mass is 554 g/mol. The predicted molar refractivity (Wildman–Crippen MR) is 143 cm³/mol. The van der Waals surface area contributed by atoms with Crippen molar-refractivity contribution in [2.45, 2.75) is 138 Å². The summed E-state index contributed by atoms with van der Waals surface area (Å²) in [6, 6.07) is 0. The number of carbonyl (C=O) groups is 2. The summed E-state index contributed by atoms with van der Waals surface area (Å²) >= 11 is 0. The minimum absolute atomic E-state index is 0.283. The standard InChI is InChI=1S/C32H46N2O6/c35-27(37-29-8-19-1-20(9-29)3-21(2-19)10-29)33-39-31-14-25-7-26(15-31)17-32(16-25,18-31)40-34-28(36)38-30-11-22-4-23(12-30)6-24(5-22)13-30/h19-26H,1-18H2,(H,33,35)(H,34,36). The van der Waals surface area contributed by atoms with Crippen LogP contribution in [-0.4, -0.2) is 34.6 Å². The van der Waals surface area contributed by atoms with Gasteiger partial charge in [0, 0.05) is 6.42 Å². The number of carbonyl (C=O) groups excluding carboxylic acids is 2. The van der Waals surface area contributed by atoms with Crippen LogP contribution in [0.15, 0.2) is 0 Å². The van der Waals surface area contributed by atoms with Gasteiger partial charge in [0.2, 0.25) is 0 Å². The van der Waals surface area contributed by atoms with E-state index in [4.69, 9.17) is 19.1 Å². The van der Waals surface area contributed by atoms with Crippen LogP contribution in [0.2, 0.25) is 0 Å². The lowest BCUT2D eigenvalue weighted by molar-refractivity contribution is -0.266. The highest BCUT2D eigenvalue weighted by atomic mass is 16.7. The van der Waals surface area contributed by atoms with Crippen LogP contribution < -0.4 is 11.0 Å². The first-order valence-electron chi connectivity index (χ1n) is 16.6. The minimum Gasteiger partial charge on any atom is -0.441 e. The topological polar surface area (TPSA) is 95.1 Å². The quantitative estimate of drug-likeness (QED) is 0.373. The zero-order chi connectivity index (χ0) is 26.7. The second-order valence-electron chi connectivity index (χ2n) is 16.7. The lowest BCUT2D eigenvalue weighted by Gasteiger charge is -2.60. The Balaban J connectivity index is 0.826. The molecule has 0 aromatic rings. The molecule has 8 heteroatoms. The van der Waals surface area contributed by atoms with Crippen molar-refractivity contribution in [2.75, 3.05) is 0 Å². The van der Waals surface area contributed by atoms with Crippen molar-refractivity contribution >= 4 is 12.2 Å². The Morgan fingerprint density at radius 2 is 0.700 bits per heavy atom. The number of nitrogens with one attached hydrogen (secondary N) is 2. The van der Waals surface area contributed by atoms with Crippen LogP contribution in [0.3, 0.4) is 0 Å². The Kier molecular flexibility index (Phi) is 5.32. The van der Waals surface area contributed by atoms with Crippen molar-refractivity contribution in [3.8, 4) is 0 Å². The molecule has 0 aliphatic heterocycles. The molecular formula is C32H46N2O6. The number of hydrogen-bond acceptors (Lipinski definition) is 6. The summed E-state index contributed by atoms with van der Waals surface area (Å²) in [5.41, 5.74) is 4.02. The van der Waals surface area contributed by atoms with E-state index in [1.165, 1.54) is 44.9 Å². The fourth-order valence-corrected chi connectivity index (χ4v) is 13.4. The van der Waals surface area contributed by atoms with Gasteiger partial charge in [-0.2, -0.15) is 11.0 Å². The van der Waals surface area contributed by atoms with Gasteiger partial charge in [0.25, 0.3) is 0 Å². The van der Waals surface area contributed by atoms with Crippen molar-refractivity contribution in [3.63, 3.8) is 0 Å². The first kappa shape index (κ1) is 25.0. The van der Waals surface area contributed by atoms with E-state index in [0.717, 1.165) is 99.7 Å². The third-order valence-electron chi connectivity index (χ3n) is 13.2. The molecule has 0 heterocycles. The number of ether oxygens (including phenoxy) is 2. The molecule has 12 bridgehead atoms. The maximum atomic E-state index is 13.1. The minimum atomic E-state index is -0.462. The van der Waals surface area contributed by atoms with E-state index in [1.807, 2.05) is 0 Å². The van der Waals surface area contributed by atoms with Crippen LogP contribution in [0.25, 0.3) is 0 Å². The molecule has 8 nitrogen and oxygen atoms in total. The van der Waals surface area contributed by atoms with Gasteiger partial charge in [0.15, 0.2) is 0 Å². The zero-order valence-electron chi connectivity index (χ0n) is 23.8. The van der Waals surface area contributed by atoms with Crippen LogP contribution in [0.1, 0.15) is 116 Å². The first-order chi connectivity index (χ1) is 19.2. The van der Waals surface area contributed by atoms with Gasteiger partial charge in [-0.15, -0.1) is 0 Å². The highest BCUT2D eigenvalue weighted by Gasteiger charge is 2.61. The average Bonchev–Trinajstić information content (AvgIpc) is 2.84. The van der Waals surface area contributed by atoms with E-state index < -0.39 is 23.4 Å². The molecule has 12 aliphatic rings. The summed E-state index contributed by atoms with van der Waals surface area (Å²) in [4.78, 5) is 38.7. The molecule has 40 heavy (non-hydrogen) atoms. The van der Waals surface area contributed by atoms with E-state index in [1.54, 1.807) is 0 Å². The fourth-order valence-electron chi connectivity index (χ4n) is 13.4. The largest absolute Gasteiger partial charge is 0.441 e. The van der Waals surface area contributed by atoms with Gasteiger partial charge in [-0.1, -0.05) is 0 Å². The van der Waals surface area contributed by atoms with Gasteiger partial charge < -0.3 is 9.47 Å². The van der Waals surface area contributed by atoms with Gasteiger partial charge in [-0.05, 0) is 156 Å². The Hall–Kier alpha value is -1.54. The molecule has 0 aromatic heterocycles. The molecule has 0 radical (unpaired) electrons. The van der Waals surface area contributed by atoms with Gasteiger partial charge in [0.1, 0.15) is 11.2 Å². The van der Waals surface area contributed by atoms with Gasteiger partial charge in [-0.3, -0.25) is 9.68 Å². The predicted octanol–water partition coefficient (Wildman–Crippen LogP) is 6.33. The Bertz CT molecular complexity index is 925. The Morgan fingerprint density at radius 1 is 0.425 bits per heavy atom. The molecule has 2 N–H and O–H groups in total. The maximum absolute atomic E-state index is 13.1. The SMILES string of the molecule is O=C(NOC12CC3CC(C1)CC(ONC(=O)OC14CC5CC(CC(C5)C1)C4)(C3)C2)OC12CC3CC(CC(C3)C1)C2. The Labute approximate surface area is 237 Å². The first-order valence-corrected chi connectivity index (χ1v) is 16.6. The second kappa shape index (κ2) is 8.52. The summed E-state index contributed by atoms with van der Waals surface area (Å²) in [7, 11) is 0. The smallest absolute Gasteiger partial charge is 0.431 e. The molecule has 12 rings (SSSR count). The highest BCUT2D eigenvalue weighted by molar-refractivity contribution is 5.67. The lowest BCUT2D eigenvalue weighted by Crippen LogP contribution is -2.64. The van der Waals surface area contributed by atoms with E-state index in [-0.39, 0.29) is 11.2 Å². The molecule has 0 unspecified atom stereocenters. The molecule has 0 aromatic carbocycles. The molecular weight excluding hydrogens is 508 g/mol. The lowest BCUT2D eigenvalue weighted by atomic mass is 9.52. The third kappa shape index (κ3) is 4.20. The van der Waals surface area contributed by atoms with Crippen molar-refractivity contribution < 1.29 is 28.7 Å². The summed E-state index contributed by atoms with van der Waals surface area (Å²) in [5.74, 6) is 5.30. The van der Waals surface area contributed by atoms with E-state index in [0.29, 0.717) is 18.3 Å². The average molecular weight is 555 g/mol. The van der Waals surface area contributed by atoms with Crippen LogP contribution in [0, 0.1) is 47.3 Å². The number of amides is 2. The molecule has 0 spiro atoms. The molecule has 12 saturated carbocycles. The second-order valence-corrected chi connectivity index (χ2v) is 16.7. The molecule has 2 amide bonds. The summed E-state index contributed by atoms with van der Waals surface area (Å²) in [5, 5.41) is 0. The van der Waals surface area contributed by atoms with E-state index >= 15 is 0 Å². The molecule has 0 saturated heterocycles. The number of rotatable bonds is 6. The van der Waals surface area contributed by atoms with Crippen molar-refractivity contribution in [2.24, 2.45) is 47.3 Å². The number of hydrogen-bond donors (Lipinski definition) is 2. The van der Waals surface area contributed by atoms with Crippen LogP contribution >= 0.6 is 0 Å². The van der Waals surface area contributed by atoms with Gasteiger partial charge in [0.05, 0.1) is 11.2 Å². The van der Waals surface area contributed by atoms with Crippen molar-refractivity contribution in [1.29, 1.82) is 0 Å². The maximum Gasteiger partial charge on any atom is 0.431 e. The van der Waals surface area contributed by atoms with Crippen molar-refractivity contribution in [1.82, 2.24) is 11.0 Å². The number of hydroxylamine groups is 2.